The molecule has 1 aromatic heterocycles. The van der Waals surface area contributed by atoms with Gasteiger partial charge in [0.25, 0.3) is 0 Å². The Bertz CT molecular complexity index is 587. The Hall–Kier alpha value is -2.14. The molecule has 0 amide bonds. The van der Waals surface area contributed by atoms with E-state index in [-0.39, 0.29) is 5.78 Å². The molecular weight excluding hydrogens is 254 g/mol. The van der Waals surface area contributed by atoms with Gasteiger partial charge in [0.05, 0.1) is 13.2 Å². The Balaban J connectivity index is 1.91. The average Bonchev–Trinajstić information content (AvgIpc) is 2.51. The zero-order valence-corrected chi connectivity index (χ0v) is 11.2. The number of ether oxygens (including phenoxy) is 1. The normalized spacial score (nSPS) is 19.6. The summed E-state index contributed by atoms with van der Waals surface area (Å²) in [7, 11) is 0. The van der Waals surface area contributed by atoms with Gasteiger partial charge in [-0.3, -0.25) is 4.79 Å². The fourth-order valence-electron chi connectivity index (χ4n) is 2.42. The van der Waals surface area contributed by atoms with E-state index in [2.05, 4.69) is 9.88 Å². The van der Waals surface area contributed by atoms with E-state index in [0.717, 1.165) is 24.5 Å². The molecule has 0 bridgehead atoms. The molecule has 5 nitrogen and oxygen atoms in total. The summed E-state index contributed by atoms with van der Waals surface area (Å²) in [4.78, 5) is 18.6. The van der Waals surface area contributed by atoms with Crippen molar-refractivity contribution in [2.75, 3.05) is 31.2 Å². The standard InChI is InChI=1S/C15H17N3O2/c16-12-1-2-14(19)13(10-12)11-3-4-17-15(9-11)18-5-7-20-8-6-18/h1,3-4,9-10H,2,5-8,16H2. The quantitative estimate of drug-likeness (QED) is 0.873. The van der Waals surface area contributed by atoms with Crippen LogP contribution in [0.1, 0.15) is 12.0 Å². The van der Waals surface area contributed by atoms with Crippen LogP contribution in [0.5, 0.6) is 0 Å². The first-order valence-electron chi connectivity index (χ1n) is 6.74. The molecule has 0 atom stereocenters. The lowest BCUT2D eigenvalue weighted by atomic mass is 9.95. The largest absolute Gasteiger partial charge is 0.399 e. The van der Waals surface area contributed by atoms with E-state index in [1.165, 1.54) is 0 Å². The van der Waals surface area contributed by atoms with Crippen molar-refractivity contribution in [2.45, 2.75) is 6.42 Å². The van der Waals surface area contributed by atoms with Crippen LogP contribution in [0.15, 0.2) is 36.2 Å². The number of Topliss-reactive ketones (excluding diaryl/α,β-unsaturated/α-hetero) is 1. The van der Waals surface area contributed by atoms with Crippen LogP contribution in [0.3, 0.4) is 0 Å². The van der Waals surface area contributed by atoms with Crippen molar-refractivity contribution in [3.63, 3.8) is 0 Å². The monoisotopic (exact) mass is 271 g/mol. The van der Waals surface area contributed by atoms with Gasteiger partial charge >= 0.3 is 0 Å². The van der Waals surface area contributed by atoms with Crippen molar-refractivity contribution >= 4 is 17.2 Å². The predicted octanol–water partition coefficient (Wildman–Crippen LogP) is 1.12. The number of nitrogens with zero attached hydrogens (tertiary/aromatic N) is 2. The van der Waals surface area contributed by atoms with Gasteiger partial charge in [0.1, 0.15) is 5.82 Å². The van der Waals surface area contributed by atoms with Gasteiger partial charge in [0.15, 0.2) is 5.78 Å². The maximum atomic E-state index is 12.0. The third-order valence-electron chi connectivity index (χ3n) is 3.53. The average molecular weight is 271 g/mol. The summed E-state index contributed by atoms with van der Waals surface area (Å²) >= 11 is 0. The van der Waals surface area contributed by atoms with E-state index in [0.29, 0.717) is 30.9 Å². The third-order valence-corrected chi connectivity index (χ3v) is 3.53. The molecule has 1 aliphatic carbocycles. The van der Waals surface area contributed by atoms with Crippen LogP contribution in [-0.2, 0) is 9.53 Å². The number of aromatic nitrogens is 1. The first-order valence-corrected chi connectivity index (χ1v) is 6.74. The molecule has 1 fully saturated rings. The Morgan fingerprint density at radius 2 is 2.10 bits per heavy atom. The molecule has 0 aromatic carbocycles. The van der Waals surface area contributed by atoms with Crippen LogP contribution in [0.2, 0.25) is 0 Å². The minimum absolute atomic E-state index is 0.0957. The Kier molecular flexibility index (Phi) is 3.52. The Labute approximate surface area is 117 Å². The van der Waals surface area contributed by atoms with Crippen molar-refractivity contribution in [1.29, 1.82) is 0 Å². The number of pyridine rings is 1. The highest BCUT2D eigenvalue weighted by Crippen LogP contribution is 2.25. The van der Waals surface area contributed by atoms with Gasteiger partial charge in [0, 0.05) is 37.0 Å². The zero-order valence-electron chi connectivity index (χ0n) is 11.2. The smallest absolute Gasteiger partial charge is 0.167 e. The van der Waals surface area contributed by atoms with Crippen LogP contribution in [0.25, 0.3) is 5.57 Å². The van der Waals surface area contributed by atoms with Crippen LogP contribution >= 0.6 is 0 Å². The van der Waals surface area contributed by atoms with Gasteiger partial charge < -0.3 is 15.4 Å². The molecule has 0 unspecified atom stereocenters. The molecule has 2 heterocycles. The highest BCUT2D eigenvalue weighted by atomic mass is 16.5. The molecule has 2 aliphatic rings. The number of anilines is 1. The zero-order chi connectivity index (χ0) is 13.9. The minimum atomic E-state index is 0.0957. The fraction of sp³-hybridized carbons (Fsp3) is 0.333. The second-order valence-electron chi connectivity index (χ2n) is 4.89. The van der Waals surface area contributed by atoms with E-state index >= 15 is 0 Å². The SMILES string of the molecule is NC1=CCC(=O)C(c2ccnc(N3CCOCC3)c2)=C1. The topological polar surface area (TPSA) is 68.5 Å². The van der Waals surface area contributed by atoms with Gasteiger partial charge in [-0.25, -0.2) is 4.98 Å². The summed E-state index contributed by atoms with van der Waals surface area (Å²) in [6.45, 7) is 3.07. The third kappa shape index (κ3) is 2.58. The van der Waals surface area contributed by atoms with Crippen LogP contribution in [0.4, 0.5) is 5.82 Å². The van der Waals surface area contributed by atoms with E-state index < -0.39 is 0 Å². The molecule has 1 aromatic rings. The number of ketones is 1. The summed E-state index contributed by atoms with van der Waals surface area (Å²) < 4.78 is 5.34. The lowest BCUT2D eigenvalue weighted by Gasteiger charge is -2.28. The van der Waals surface area contributed by atoms with Crippen molar-refractivity contribution < 1.29 is 9.53 Å². The summed E-state index contributed by atoms with van der Waals surface area (Å²) in [6, 6.07) is 3.81. The molecule has 0 saturated carbocycles. The number of morpholine rings is 1. The van der Waals surface area contributed by atoms with Gasteiger partial charge in [-0.15, -0.1) is 0 Å². The number of nitrogens with two attached hydrogens (primary N) is 1. The molecule has 2 N–H and O–H groups in total. The van der Waals surface area contributed by atoms with Crippen molar-refractivity contribution in [3.05, 3.63) is 41.7 Å². The first kappa shape index (κ1) is 12.9. The summed E-state index contributed by atoms with van der Waals surface area (Å²) in [5.74, 6) is 0.978. The first-order chi connectivity index (χ1) is 9.74. The molecular formula is C15H17N3O2. The van der Waals surface area contributed by atoms with Crippen molar-refractivity contribution in [1.82, 2.24) is 4.98 Å². The Morgan fingerprint density at radius 1 is 1.30 bits per heavy atom. The van der Waals surface area contributed by atoms with Crippen LogP contribution in [-0.4, -0.2) is 37.1 Å². The number of hydrogen-bond donors (Lipinski definition) is 1. The van der Waals surface area contributed by atoms with Gasteiger partial charge in [0.2, 0.25) is 0 Å². The summed E-state index contributed by atoms with van der Waals surface area (Å²) in [6.07, 6.45) is 5.59. The van der Waals surface area contributed by atoms with E-state index in [1.54, 1.807) is 18.3 Å². The minimum Gasteiger partial charge on any atom is -0.399 e. The molecule has 3 rings (SSSR count). The van der Waals surface area contributed by atoms with Crippen molar-refractivity contribution in [3.8, 4) is 0 Å². The second-order valence-corrected chi connectivity index (χ2v) is 4.89. The predicted molar refractivity (Wildman–Crippen MR) is 77.1 cm³/mol. The maximum absolute atomic E-state index is 12.0. The maximum Gasteiger partial charge on any atom is 0.167 e. The van der Waals surface area contributed by atoms with E-state index in [9.17, 15) is 4.79 Å². The van der Waals surface area contributed by atoms with Gasteiger partial charge in [-0.2, -0.15) is 0 Å². The molecule has 5 heteroatoms. The highest BCUT2D eigenvalue weighted by Gasteiger charge is 2.18. The van der Waals surface area contributed by atoms with E-state index in [4.69, 9.17) is 10.5 Å². The molecule has 104 valence electrons. The van der Waals surface area contributed by atoms with Crippen LogP contribution in [0, 0.1) is 0 Å². The lowest BCUT2D eigenvalue weighted by Crippen LogP contribution is -2.36. The molecule has 0 spiro atoms. The van der Waals surface area contributed by atoms with Crippen molar-refractivity contribution in [2.24, 2.45) is 5.73 Å². The second kappa shape index (κ2) is 5.46. The van der Waals surface area contributed by atoms with E-state index in [1.807, 2.05) is 12.1 Å². The fourth-order valence-corrected chi connectivity index (χ4v) is 2.42. The number of hydrogen-bond acceptors (Lipinski definition) is 5. The number of rotatable bonds is 2. The Morgan fingerprint density at radius 3 is 2.90 bits per heavy atom. The van der Waals surface area contributed by atoms with Gasteiger partial charge in [-0.05, 0) is 23.8 Å². The highest BCUT2D eigenvalue weighted by molar-refractivity contribution is 6.22. The summed E-state index contributed by atoms with van der Waals surface area (Å²) in [5, 5.41) is 0. The summed E-state index contributed by atoms with van der Waals surface area (Å²) in [5.41, 5.74) is 7.98. The van der Waals surface area contributed by atoms with Gasteiger partial charge in [-0.1, -0.05) is 6.08 Å². The number of carbonyl (C=O) groups is 1. The van der Waals surface area contributed by atoms with Crippen LogP contribution < -0.4 is 10.6 Å². The number of carbonyl (C=O) groups excluding carboxylic acids is 1. The number of allylic oxidation sites excluding steroid dienone is 3. The molecule has 1 aliphatic heterocycles. The molecule has 1 saturated heterocycles. The molecule has 20 heavy (non-hydrogen) atoms. The lowest BCUT2D eigenvalue weighted by molar-refractivity contribution is -0.113. The molecule has 0 radical (unpaired) electrons.